The lowest BCUT2D eigenvalue weighted by Gasteiger charge is -2.17. The maximum atomic E-state index is 12.4. The summed E-state index contributed by atoms with van der Waals surface area (Å²) >= 11 is 0. The Morgan fingerprint density at radius 2 is 1.52 bits per heavy atom. The lowest BCUT2D eigenvalue weighted by Crippen LogP contribution is -2.40. The summed E-state index contributed by atoms with van der Waals surface area (Å²) in [5.74, 6) is -1.27. The molecule has 0 aliphatic rings. The molecule has 0 saturated heterocycles. The summed E-state index contributed by atoms with van der Waals surface area (Å²) < 4.78 is 9.78. The molecule has 172 valence electrons. The fraction of sp³-hybridized carbons (Fsp3) is 0.560. The number of carbonyl (C=O) groups excluding carboxylic acids is 3. The van der Waals surface area contributed by atoms with Crippen molar-refractivity contribution < 1.29 is 23.9 Å². The van der Waals surface area contributed by atoms with E-state index in [-0.39, 0.29) is 6.61 Å². The number of benzene rings is 1. The first-order chi connectivity index (χ1) is 15.1. The molecule has 0 spiro atoms. The van der Waals surface area contributed by atoms with Gasteiger partial charge in [-0.25, -0.2) is 9.69 Å². The second-order valence-electron chi connectivity index (χ2n) is 7.56. The van der Waals surface area contributed by atoms with Gasteiger partial charge in [-0.2, -0.15) is 0 Å². The molecule has 0 saturated carbocycles. The van der Waals surface area contributed by atoms with Gasteiger partial charge in [-0.05, 0) is 24.5 Å². The highest BCUT2D eigenvalue weighted by Crippen LogP contribution is 2.11. The highest BCUT2D eigenvalue weighted by Gasteiger charge is 2.24. The third-order valence-corrected chi connectivity index (χ3v) is 4.94. The van der Waals surface area contributed by atoms with Crippen LogP contribution in [0.15, 0.2) is 42.5 Å². The van der Waals surface area contributed by atoms with Crippen molar-refractivity contribution in [3.63, 3.8) is 0 Å². The van der Waals surface area contributed by atoms with Crippen LogP contribution in [0.3, 0.4) is 0 Å². The van der Waals surface area contributed by atoms with Crippen molar-refractivity contribution in [2.45, 2.75) is 77.7 Å². The first kappa shape index (κ1) is 26.4. The number of ether oxygens (including phenoxy) is 2. The molecule has 6 nitrogen and oxygen atoms in total. The Hall–Kier alpha value is -2.63. The molecule has 0 atom stereocenters. The largest absolute Gasteiger partial charge is 0.468 e. The fourth-order valence-electron chi connectivity index (χ4n) is 3.07. The zero-order valence-electron chi connectivity index (χ0n) is 19.0. The van der Waals surface area contributed by atoms with Gasteiger partial charge in [0.2, 0.25) is 0 Å². The van der Waals surface area contributed by atoms with Crippen LogP contribution in [-0.4, -0.2) is 36.5 Å². The van der Waals surface area contributed by atoms with E-state index in [2.05, 4.69) is 11.7 Å². The number of carbonyl (C=O) groups is 3. The van der Waals surface area contributed by atoms with Crippen LogP contribution in [0.2, 0.25) is 0 Å². The fourth-order valence-corrected chi connectivity index (χ4v) is 3.07. The second kappa shape index (κ2) is 17.1. The molecule has 2 amide bonds. The van der Waals surface area contributed by atoms with Crippen LogP contribution in [0.5, 0.6) is 0 Å². The van der Waals surface area contributed by atoms with Gasteiger partial charge in [-0.15, -0.1) is 0 Å². The maximum Gasteiger partial charge on any atom is 0.417 e. The minimum Gasteiger partial charge on any atom is -0.468 e. The van der Waals surface area contributed by atoms with Gasteiger partial charge in [0.15, 0.2) is 0 Å². The van der Waals surface area contributed by atoms with Gasteiger partial charge in [0.05, 0.1) is 7.11 Å². The Morgan fingerprint density at radius 1 is 0.903 bits per heavy atom. The molecule has 31 heavy (non-hydrogen) atoms. The minimum absolute atomic E-state index is 0.0206. The van der Waals surface area contributed by atoms with Crippen molar-refractivity contribution in [1.82, 2.24) is 4.90 Å². The number of hydrogen-bond donors (Lipinski definition) is 0. The molecule has 0 heterocycles. The molecular weight excluding hydrogens is 394 g/mol. The summed E-state index contributed by atoms with van der Waals surface area (Å²) in [5.41, 5.74) is 0.794. The number of imide groups is 1. The van der Waals surface area contributed by atoms with E-state index in [1.165, 1.54) is 58.1 Å². The SMILES string of the molecule is CCCCCCCCCCCC=CC(=O)N(CC(=O)OC)C(=O)OCc1ccccc1. The summed E-state index contributed by atoms with van der Waals surface area (Å²) in [5, 5.41) is 0. The normalized spacial score (nSPS) is 10.8. The molecule has 0 aliphatic carbocycles. The van der Waals surface area contributed by atoms with E-state index in [1.54, 1.807) is 6.08 Å². The monoisotopic (exact) mass is 431 g/mol. The number of allylic oxidation sites excluding steroid dienone is 1. The summed E-state index contributed by atoms with van der Waals surface area (Å²) in [4.78, 5) is 37.2. The number of esters is 1. The highest BCUT2D eigenvalue weighted by molar-refractivity contribution is 6.00. The van der Waals surface area contributed by atoms with Crippen LogP contribution in [0.1, 0.15) is 76.7 Å². The molecule has 1 aromatic carbocycles. The first-order valence-corrected chi connectivity index (χ1v) is 11.3. The number of methoxy groups -OCH3 is 1. The predicted molar refractivity (Wildman–Crippen MR) is 121 cm³/mol. The average Bonchev–Trinajstić information content (AvgIpc) is 2.79. The zero-order valence-corrected chi connectivity index (χ0v) is 19.0. The number of unbranched alkanes of at least 4 members (excludes halogenated alkanes) is 9. The van der Waals surface area contributed by atoms with Crippen LogP contribution >= 0.6 is 0 Å². The van der Waals surface area contributed by atoms with Crippen molar-refractivity contribution in [2.24, 2.45) is 0 Å². The number of hydrogen-bond acceptors (Lipinski definition) is 5. The van der Waals surface area contributed by atoms with E-state index in [0.29, 0.717) is 0 Å². The van der Waals surface area contributed by atoms with Crippen LogP contribution in [0, 0.1) is 0 Å². The van der Waals surface area contributed by atoms with Crippen LogP contribution < -0.4 is 0 Å². The Morgan fingerprint density at radius 3 is 2.13 bits per heavy atom. The number of nitrogens with zero attached hydrogens (tertiary/aromatic N) is 1. The van der Waals surface area contributed by atoms with Crippen LogP contribution in [-0.2, 0) is 25.7 Å². The molecule has 0 fully saturated rings. The molecule has 1 rings (SSSR count). The minimum atomic E-state index is -0.869. The van der Waals surface area contributed by atoms with Gasteiger partial charge < -0.3 is 9.47 Å². The molecule has 6 heteroatoms. The van der Waals surface area contributed by atoms with Gasteiger partial charge in [0.1, 0.15) is 13.2 Å². The molecule has 0 radical (unpaired) electrons. The summed E-state index contributed by atoms with van der Waals surface area (Å²) in [6.07, 6.45) is 14.1. The lowest BCUT2D eigenvalue weighted by atomic mass is 10.1. The third-order valence-electron chi connectivity index (χ3n) is 4.94. The Balaban J connectivity index is 2.38. The van der Waals surface area contributed by atoms with Gasteiger partial charge in [0, 0.05) is 0 Å². The smallest absolute Gasteiger partial charge is 0.417 e. The van der Waals surface area contributed by atoms with Crippen molar-refractivity contribution in [3.8, 4) is 0 Å². The van der Waals surface area contributed by atoms with Gasteiger partial charge >= 0.3 is 12.1 Å². The molecule has 0 bridgehead atoms. The van der Waals surface area contributed by atoms with E-state index in [4.69, 9.17) is 4.74 Å². The van der Waals surface area contributed by atoms with Crippen molar-refractivity contribution in [1.29, 1.82) is 0 Å². The average molecular weight is 432 g/mol. The predicted octanol–water partition coefficient (Wildman–Crippen LogP) is 5.80. The number of rotatable bonds is 15. The molecular formula is C25H37NO5. The van der Waals surface area contributed by atoms with E-state index < -0.39 is 24.5 Å². The molecule has 0 aliphatic heterocycles. The Labute approximate surface area is 186 Å². The van der Waals surface area contributed by atoms with Gasteiger partial charge in [0.25, 0.3) is 5.91 Å². The van der Waals surface area contributed by atoms with Crippen molar-refractivity contribution >= 4 is 18.0 Å². The second-order valence-corrected chi connectivity index (χ2v) is 7.56. The lowest BCUT2D eigenvalue weighted by molar-refractivity contribution is -0.144. The third kappa shape index (κ3) is 12.6. The van der Waals surface area contributed by atoms with Crippen LogP contribution in [0.4, 0.5) is 4.79 Å². The topological polar surface area (TPSA) is 72.9 Å². The van der Waals surface area contributed by atoms with Crippen molar-refractivity contribution in [2.75, 3.05) is 13.7 Å². The summed E-state index contributed by atoms with van der Waals surface area (Å²) in [7, 11) is 1.21. The molecule has 0 aromatic heterocycles. The summed E-state index contributed by atoms with van der Waals surface area (Å²) in [6, 6.07) is 9.14. The van der Waals surface area contributed by atoms with Crippen LogP contribution in [0.25, 0.3) is 0 Å². The zero-order chi connectivity index (χ0) is 22.7. The molecule has 0 N–H and O–H groups in total. The van der Waals surface area contributed by atoms with Crippen molar-refractivity contribution in [3.05, 3.63) is 48.0 Å². The van der Waals surface area contributed by atoms with E-state index in [1.807, 2.05) is 30.3 Å². The Kier molecular flexibility index (Phi) is 14.6. The van der Waals surface area contributed by atoms with E-state index >= 15 is 0 Å². The van der Waals surface area contributed by atoms with Gasteiger partial charge in [-0.1, -0.05) is 94.7 Å². The molecule has 1 aromatic rings. The molecule has 0 unspecified atom stereocenters. The maximum absolute atomic E-state index is 12.4. The number of amides is 2. The quantitative estimate of drug-likeness (QED) is 0.199. The van der Waals surface area contributed by atoms with Gasteiger partial charge in [-0.3, -0.25) is 9.59 Å². The van der Waals surface area contributed by atoms with E-state index in [9.17, 15) is 14.4 Å². The summed E-state index contributed by atoms with van der Waals surface area (Å²) in [6.45, 7) is 1.76. The first-order valence-electron chi connectivity index (χ1n) is 11.3. The standard InChI is InChI=1S/C25H37NO5/c1-3-4-5-6-7-8-9-10-11-12-16-19-23(27)26(20-24(28)30-2)25(29)31-21-22-17-14-13-15-18-22/h13-19H,3-12,20-21H2,1-2H3. The Bertz CT molecular complexity index is 672. The van der Waals surface area contributed by atoms with E-state index in [0.717, 1.165) is 29.7 Å². The highest BCUT2D eigenvalue weighted by atomic mass is 16.6.